The quantitative estimate of drug-likeness (QED) is 0.442. The van der Waals surface area contributed by atoms with E-state index in [4.69, 9.17) is 24.5 Å². The van der Waals surface area contributed by atoms with Crippen LogP contribution in [-0.2, 0) is 17.8 Å². The maximum atomic E-state index is 10.8. The van der Waals surface area contributed by atoms with Crippen LogP contribution in [0, 0.1) is 0 Å². The van der Waals surface area contributed by atoms with Crippen molar-refractivity contribution in [2.75, 3.05) is 6.61 Å². The Morgan fingerprint density at radius 2 is 1.61 bits per heavy atom. The number of benzene rings is 3. The van der Waals surface area contributed by atoms with Crippen LogP contribution in [0.3, 0.4) is 0 Å². The van der Waals surface area contributed by atoms with Crippen LogP contribution in [0.5, 0.6) is 11.6 Å². The van der Waals surface area contributed by atoms with Gasteiger partial charge in [0.2, 0.25) is 5.88 Å². The first-order valence-electron chi connectivity index (χ1n) is 10.0. The van der Waals surface area contributed by atoms with Crippen LogP contribution in [0.25, 0.3) is 22.3 Å². The molecule has 1 aromatic heterocycles. The number of carboxylic acids is 1. The standard InChI is InChI=1S/C25H22N2O4/c1-2-30-25-24(19-6-4-3-5-7-19)26-21-13-10-18(14-22(21)27-25)16-31-20-11-8-17(9-12-20)15-23(28)29/h3-14H,2,15-16H2,1H3,(H,28,29). The minimum Gasteiger partial charge on any atom is -0.489 e. The lowest BCUT2D eigenvalue weighted by Gasteiger charge is -2.11. The van der Waals surface area contributed by atoms with Crippen molar-refractivity contribution < 1.29 is 19.4 Å². The van der Waals surface area contributed by atoms with Crippen molar-refractivity contribution >= 4 is 17.0 Å². The van der Waals surface area contributed by atoms with Gasteiger partial charge in [0.15, 0.2) is 0 Å². The first-order valence-corrected chi connectivity index (χ1v) is 10.0. The molecule has 1 heterocycles. The van der Waals surface area contributed by atoms with Gasteiger partial charge in [0.1, 0.15) is 18.1 Å². The van der Waals surface area contributed by atoms with E-state index in [0.717, 1.165) is 33.4 Å². The van der Waals surface area contributed by atoms with Crippen molar-refractivity contribution in [3.63, 3.8) is 0 Å². The zero-order chi connectivity index (χ0) is 21.6. The second-order valence-corrected chi connectivity index (χ2v) is 7.00. The molecule has 6 nitrogen and oxygen atoms in total. The number of aromatic nitrogens is 2. The monoisotopic (exact) mass is 414 g/mol. The van der Waals surface area contributed by atoms with Gasteiger partial charge in [-0.1, -0.05) is 48.5 Å². The van der Waals surface area contributed by atoms with Crippen LogP contribution >= 0.6 is 0 Å². The lowest BCUT2D eigenvalue weighted by molar-refractivity contribution is -0.136. The molecule has 1 N–H and O–H groups in total. The van der Waals surface area contributed by atoms with Gasteiger partial charge in [0, 0.05) is 5.56 Å². The highest BCUT2D eigenvalue weighted by Gasteiger charge is 2.12. The molecule has 0 spiro atoms. The predicted molar refractivity (Wildman–Crippen MR) is 118 cm³/mol. The number of hydrogen-bond acceptors (Lipinski definition) is 5. The van der Waals surface area contributed by atoms with Crippen molar-refractivity contribution in [2.24, 2.45) is 0 Å². The van der Waals surface area contributed by atoms with Crippen molar-refractivity contribution in [3.05, 3.63) is 83.9 Å². The van der Waals surface area contributed by atoms with Gasteiger partial charge < -0.3 is 14.6 Å². The summed E-state index contributed by atoms with van der Waals surface area (Å²) < 4.78 is 11.6. The smallest absolute Gasteiger partial charge is 0.307 e. The number of carbonyl (C=O) groups is 1. The fraction of sp³-hybridized carbons (Fsp3) is 0.160. The highest BCUT2D eigenvalue weighted by atomic mass is 16.5. The normalized spacial score (nSPS) is 10.7. The second kappa shape index (κ2) is 9.26. The second-order valence-electron chi connectivity index (χ2n) is 7.00. The Morgan fingerprint density at radius 1 is 0.871 bits per heavy atom. The first-order chi connectivity index (χ1) is 15.1. The van der Waals surface area contributed by atoms with Crippen LogP contribution in [-0.4, -0.2) is 27.7 Å². The third kappa shape index (κ3) is 4.98. The summed E-state index contributed by atoms with van der Waals surface area (Å²) in [6.07, 6.45) is -0.00322. The summed E-state index contributed by atoms with van der Waals surface area (Å²) in [5, 5.41) is 8.86. The van der Waals surface area contributed by atoms with Crippen molar-refractivity contribution in [1.82, 2.24) is 9.97 Å². The highest BCUT2D eigenvalue weighted by Crippen LogP contribution is 2.29. The van der Waals surface area contributed by atoms with E-state index in [-0.39, 0.29) is 6.42 Å². The van der Waals surface area contributed by atoms with Crippen LogP contribution in [0.15, 0.2) is 72.8 Å². The van der Waals surface area contributed by atoms with Gasteiger partial charge in [-0.05, 0) is 42.3 Å². The van der Waals surface area contributed by atoms with Crippen LogP contribution in [0.4, 0.5) is 0 Å². The lowest BCUT2D eigenvalue weighted by atomic mass is 10.1. The molecule has 0 aliphatic heterocycles. The molecule has 31 heavy (non-hydrogen) atoms. The summed E-state index contributed by atoms with van der Waals surface area (Å²) in [5.74, 6) is 0.329. The zero-order valence-electron chi connectivity index (χ0n) is 17.1. The zero-order valence-corrected chi connectivity index (χ0v) is 17.1. The summed E-state index contributed by atoms with van der Waals surface area (Å²) in [4.78, 5) is 20.3. The van der Waals surface area contributed by atoms with Gasteiger partial charge in [0.25, 0.3) is 0 Å². The maximum Gasteiger partial charge on any atom is 0.307 e. The Kier molecular flexibility index (Phi) is 6.08. The molecule has 0 aliphatic rings. The number of nitrogens with zero attached hydrogens (tertiary/aromatic N) is 2. The van der Waals surface area contributed by atoms with E-state index in [1.54, 1.807) is 24.3 Å². The van der Waals surface area contributed by atoms with E-state index in [2.05, 4.69) is 0 Å². The number of hydrogen-bond donors (Lipinski definition) is 1. The molecule has 3 aromatic carbocycles. The number of fused-ring (bicyclic) bond motifs is 1. The summed E-state index contributed by atoms with van der Waals surface area (Å²) in [7, 11) is 0. The van der Waals surface area contributed by atoms with E-state index in [1.165, 1.54) is 0 Å². The Morgan fingerprint density at radius 3 is 2.32 bits per heavy atom. The fourth-order valence-corrected chi connectivity index (χ4v) is 3.24. The Balaban J connectivity index is 1.55. The van der Waals surface area contributed by atoms with Crippen molar-refractivity contribution in [2.45, 2.75) is 20.0 Å². The number of carboxylic acid groups (broad SMARTS) is 1. The third-order valence-corrected chi connectivity index (χ3v) is 4.71. The third-order valence-electron chi connectivity index (χ3n) is 4.71. The molecule has 0 saturated carbocycles. The average Bonchev–Trinajstić information content (AvgIpc) is 2.78. The summed E-state index contributed by atoms with van der Waals surface area (Å²) in [5.41, 5.74) is 4.88. The number of aliphatic carboxylic acids is 1. The number of rotatable bonds is 8. The fourth-order valence-electron chi connectivity index (χ4n) is 3.24. The molecule has 0 unspecified atom stereocenters. The van der Waals surface area contributed by atoms with Crippen LogP contribution < -0.4 is 9.47 Å². The maximum absolute atomic E-state index is 10.8. The van der Waals surface area contributed by atoms with Crippen LogP contribution in [0.2, 0.25) is 0 Å². The largest absolute Gasteiger partial charge is 0.489 e. The van der Waals surface area contributed by atoms with E-state index in [1.807, 2.05) is 55.5 Å². The van der Waals surface area contributed by atoms with Gasteiger partial charge in [0.05, 0.1) is 24.1 Å². The minimum absolute atomic E-state index is 0.00322. The van der Waals surface area contributed by atoms with Gasteiger partial charge >= 0.3 is 5.97 Å². The molecule has 0 fully saturated rings. The molecule has 6 heteroatoms. The average molecular weight is 414 g/mol. The van der Waals surface area contributed by atoms with Crippen molar-refractivity contribution in [3.8, 4) is 22.9 Å². The molecule has 4 rings (SSSR count). The lowest BCUT2D eigenvalue weighted by Crippen LogP contribution is -2.02. The Bertz CT molecular complexity index is 1190. The highest BCUT2D eigenvalue weighted by molar-refractivity contribution is 5.80. The summed E-state index contributed by atoms with van der Waals surface area (Å²) in [6.45, 7) is 2.79. The molecule has 4 aromatic rings. The van der Waals surface area contributed by atoms with Gasteiger partial charge in [-0.2, -0.15) is 0 Å². The molecule has 156 valence electrons. The SMILES string of the molecule is CCOc1nc2cc(COc3ccc(CC(=O)O)cc3)ccc2nc1-c1ccccc1. The summed E-state index contributed by atoms with van der Waals surface area (Å²) in [6, 6.07) is 22.8. The molecule has 0 bridgehead atoms. The van der Waals surface area contributed by atoms with E-state index < -0.39 is 5.97 Å². The molecular formula is C25H22N2O4. The number of ether oxygens (including phenoxy) is 2. The molecule has 0 atom stereocenters. The predicted octanol–water partition coefficient (Wildman–Crippen LogP) is 4.90. The van der Waals surface area contributed by atoms with Crippen LogP contribution in [0.1, 0.15) is 18.1 Å². The van der Waals surface area contributed by atoms with Gasteiger partial charge in [-0.25, -0.2) is 9.97 Å². The molecule has 0 radical (unpaired) electrons. The minimum atomic E-state index is -0.854. The van der Waals surface area contributed by atoms with E-state index in [9.17, 15) is 4.79 Å². The first kappa shape index (κ1) is 20.3. The Hall–Kier alpha value is -3.93. The van der Waals surface area contributed by atoms with Gasteiger partial charge in [-0.15, -0.1) is 0 Å². The molecule has 0 aliphatic carbocycles. The molecular weight excluding hydrogens is 392 g/mol. The molecule has 0 saturated heterocycles. The van der Waals surface area contributed by atoms with Gasteiger partial charge in [-0.3, -0.25) is 4.79 Å². The van der Waals surface area contributed by atoms with E-state index in [0.29, 0.717) is 24.8 Å². The topological polar surface area (TPSA) is 81.5 Å². The summed E-state index contributed by atoms with van der Waals surface area (Å²) >= 11 is 0. The Labute approximate surface area is 180 Å². The van der Waals surface area contributed by atoms with E-state index >= 15 is 0 Å². The molecule has 0 amide bonds. The van der Waals surface area contributed by atoms with Crippen molar-refractivity contribution in [1.29, 1.82) is 0 Å².